The number of benzene rings is 3. The number of methoxy groups -OCH3 is 1. The molecule has 4 aromatic rings. The predicted octanol–water partition coefficient (Wildman–Crippen LogP) is 4.68. The fourth-order valence-electron chi connectivity index (χ4n) is 4.65. The van der Waals surface area contributed by atoms with Crippen LogP contribution in [0.2, 0.25) is 0 Å². The molecule has 1 atom stereocenters. The second-order valence-corrected chi connectivity index (χ2v) is 10.4. The summed E-state index contributed by atoms with van der Waals surface area (Å²) in [7, 11) is 1.59. The van der Waals surface area contributed by atoms with Gasteiger partial charge in [-0.05, 0) is 60.7 Å². The highest BCUT2D eigenvalue weighted by Crippen LogP contribution is 2.40. The molecule has 1 aliphatic heterocycles. The molecule has 0 saturated heterocycles. The number of thioether (sulfide) groups is 1. The summed E-state index contributed by atoms with van der Waals surface area (Å²) in [6, 6.07) is 19.0. The monoisotopic (exact) mass is 530 g/mol. The van der Waals surface area contributed by atoms with Gasteiger partial charge in [0.05, 0.1) is 29.5 Å². The average Bonchev–Trinajstić information content (AvgIpc) is 3.21. The maximum atomic E-state index is 14.0. The quantitative estimate of drug-likeness (QED) is 0.267. The second kappa shape index (κ2) is 10.4. The molecule has 0 saturated carbocycles. The molecular weight excluding hydrogens is 504 g/mol. The molecular formula is C29H26N2O4S2. The highest BCUT2D eigenvalue weighted by molar-refractivity contribution is 7.98. The normalized spacial score (nSPS) is 15.5. The number of thiazole rings is 1. The Morgan fingerprint density at radius 2 is 1.89 bits per heavy atom. The second-order valence-electron chi connectivity index (χ2n) is 8.48. The molecule has 0 aliphatic carbocycles. The summed E-state index contributed by atoms with van der Waals surface area (Å²) >= 11 is 2.98. The van der Waals surface area contributed by atoms with Crippen molar-refractivity contribution in [3.8, 4) is 5.75 Å². The molecule has 1 aromatic heterocycles. The largest absolute Gasteiger partial charge is 0.496 e. The van der Waals surface area contributed by atoms with Crippen LogP contribution in [0.4, 0.5) is 0 Å². The molecule has 0 spiro atoms. The molecule has 1 aliphatic rings. The molecule has 0 fully saturated rings. The SMILES string of the molecule is CCOC(=O)C1=C(C)N=c2s/c(=C/c3ccc(SC)cc3)c(=O)n2[C@H]1c1c(OC)ccc2ccccc12. The van der Waals surface area contributed by atoms with Crippen molar-refractivity contribution >= 4 is 45.9 Å². The molecule has 0 amide bonds. The van der Waals surface area contributed by atoms with E-state index >= 15 is 0 Å². The minimum atomic E-state index is -0.752. The van der Waals surface area contributed by atoms with Crippen LogP contribution in [0.1, 0.15) is 31.0 Å². The van der Waals surface area contributed by atoms with Gasteiger partial charge in [-0.3, -0.25) is 9.36 Å². The first-order valence-corrected chi connectivity index (χ1v) is 13.9. The molecule has 37 heavy (non-hydrogen) atoms. The van der Waals surface area contributed by atoms with E-state index in [4.69, 9.17) is 9.47 Å². The number of esters is 1. The van der Waals surface area contributed by atoms with E-state index in [0.29, 0.717) is 26.4 Å². The van der Waals surface area contributed by atoms with Gasteiger partial charge in [0.25, 0.3) is 5.56 Å². The Labute approximate surface area is 222 Å². The van der Waals surface area contributed by atoms with E-state index in [2.05, 4.69) is 4.99 Å². The summed E-state index contributed by atoms with van der Waals surface area (Å²) in [5, 5.41) is 1.87. The standard InChI is InChI=1S/C29H26N2O4S2/c1-5-35-28(33)24-17(2)30-29-31(27(32)23(37-29)16-18-10-13-20(36-4)14-11-18)26(24)25-21-9-7-6-8-19(21)12-15-22(25)34-3/h6-16,26H,5H2,1-4H3/b23-16+/t26-/m1/s1. The first kappa shape index (κ1) is 25.0. The van der Waals surface area contributed by atoms with Crippen LogP contribution in [0, 0.1) is 0 Å². The molecule has 6 nitrogen and oxygen atoms in total. The van der Waals surface area contributed by atoms with Crippen molar-refractivity contribution in [2.45, 2.75) is 24.8 Å². The summed E-state index contributed by atoms with van der Waals surface area (Å²) in [5.41, 5.74) is 2.29. The van der Waals surface area contributed by atoms with Gasteiger partial charge < -0.3 is 9.47 Å². The third-order valence-corrected chi connectivity index (χ3v) is 8.08. The summed E-state index contributed by atoms with van der Waals surface area (Å²) in [6.45, 7) is 3.76. The molecule has 0 radical (unpaired) electrons. The van der Waals surface area contributed by atoms with Gasteiger partial charge in [0, 0.05) is 10.5 Å². The first-order chi connectivity index (χ1) is 18.0. The van der Waals surface area contributed by atoms with Crippen molar-refractivity contribution in [1.29, 1.82) is 0 Å². The number of rotatable bonds is 6. The van der Waals surface area contributed by atoms with Crippen molar-refractivity contribution in [3.63, 3.8) is 0 Å². The number of carbonyl (C=O) groups is 1. The highest BCUT2D eigenvalue weighted by atomic mass is 32.2. The number of ether oxygens (including phenoxy) is 2. The van der Waals surface area contributed by atoms with Gasteiger partial charge in [0.2, 0.25) is 0 Å². The Morgan fingerprint density at radius 1 is 1.14 bits per heavy atom. The van der Waals surface area contributed by atoms with E-state index in [9.17, 15) is 9.59 Å². The van der Waals surface area contributed by atoms with Crippen LogP contribution in [-0.4, -0.2) is 30.5 Å². The lowest BCUT2D eigenvalue weighted by Gasteiger charge is -2.27. The third kappa shape index (κ3) is 4.51. The van der Waals surface area contributed by atoms with Crippen LogP contribution in [0.25, 0.3) is 16.8 Å². The molecule has 0 N–H and O–H groups in total. The van der Waals surface area contributed by atoms with Crippen molar-refractivity contribution in [2.75, 3.05) is 20.0 Å². The van der Waals surface area contributed by atoms with Gasteiger partial charge in [-0.15, -0.1) is 11.8 Å². The van der Waals surface area contributed by atoms with Gasteiger partial charge in [0.15, 0.2) is 4.80 Å². The zero-order chi connectivity index (χ0) is 26.1. The van der Waals surface area contributed by atoms with Crippen LogP contribution >= 0.6 is 23.1 Å². The maximum Gasteiger partial charge on any atom is 0.338 e. The molecule has 5 rings (SSSR count). The zero-order valence-corrected chi connectivity index (χ0v) is 22.6. The molecule has 0 unspecified atom stereocenters. The van der Waals surface area contributed by atoms with E-state index in [1.165, 1.54) is 11.3 Å². The van der Waals surface area contributed by atoms with Crippen LogP contribution in [0.3, 0.4) is 0 Å². The lowest BCUT2D eigenvalue weighted by atomic mass is 9.90. The first-order valence-electron chi connectivity index (χ1n) is 11.9. The highest BCUT2D eigenvalue weighted by Gasteiger charge is 2.36. The van der Waals surface area contributed by atoms with Gasteiger partial charge in [-0.1, -0.05) is 53.8 Å². The van der Waals surface area contributed by atoms with Crippen LogP contribution in [0.15, 0.2) is 86.6 Å². The van der Waals surface area contributed by atoms with E-state index < -0.39 is 12.0 Å². The summed E-state index contributed by atoms with van der Waals surface area (Å²) in [5.74, 6) is 0.0908. The Bertz CT molecular complexity index is 1720. The van der Waals surface area contributed by atoms with E-state index in [0.717, 1.165) is 26.8 Å². The number of hydrogen-bond donors (Lipinski definition) is 0. The van der Waals surface area contributed by atoms with Crippen molar-refractivity contribution in [3.05, 3.63) is 103 Å². The van der Waals surface area contributed by atoms with Crippen molar-refractivity contribution in [2.24, 2.45) is 4.99 Å². The van der Waals surface area contributed by atoms with Gasteiger partial charge in [-0.2, -0.15) is 0 Å². The van der Waals surface area contributed by atoms with E-state index in [-0.39, 0.29) is 12.2 Å². The fourth-order valence-corrected chi connectivity index (χ4v) is 6.11. The maximum absolute atomic E-state index is 14.0. The van der Waals surface area contributed by atoms with Crippen LogP contribution < -0.4 is 19.6 Å². The van der Waals surface area contributed by atoms with E-state index in [1.807, 2.05) is 73.0 Å². The lowest BCUT2D eigenvalue weighted by Crippen LogP contribution is -2.40. The zero-order valence-electron chi connectivity index (χ0n) is 21.0. The van der Waals surface area contributed by atoms with Crippen LogP contribution in [0.5, 0.6) is 5.75 Å². The Kier molecular flexibility index (Phi) is 7.04. The minimum absolute atomic E-state index is 0.214. The summed E-state index contributed by atoms with van der Waals surface area (Å²) < 4.78 is 13.4. The smallest absolute Gasteiger partial charge is 0.338 e. The fraction of sp³-hybridized carbons (Fsp3) is 0.207. The Balaban J connectivity index is 1.82. The topological polar surface area (TPSA) is 69.9 Å². The molecule has 2 heterocycles. The molecule has 8 heteroatoms. The van der Waals surface area contributed by atoms with Gasteiger partial charge >= 0.3 is 5.97 Å². The van der Waals surface area contributed by atoms with Gasteiger partial charge in [0.1, 0.15) is 11.8 Å². The third-order valence-electron chi connectivity index (χ3n) is 6.35. The van der Waals surface area contributed by atoms with Gasteiger partial charge in [-0.25, -0.2) is 9.79 Å². The number of hydrogen-bond acceptors (Lipinski definition) is 7. The number of aromatic nitrogens is 1. The number of carbonyl (C=O) groups excluding carboxylic acids is 1. The predicted molar refractivity (Wildman–Crippen MR) is 149 cm³/mol. The number of nitrogens with zero attached hydrogens (tertiary/aromatic N) is 2. The summed E-state index contributed by atoms with van der Waals surface area (Å²) in [6.07, 6.45) is 3.90. The molecule has 188 valence electrons. The Hall–Kier alpha value is -3.62. The minimum Gasteiger partial charge on any atom is -0.496 e. The van der Waals surface area contributed by atoms with Crippen LogP contribution in [-0.2, 0) is 9.53 Å². The summed E-state index contributed by atoms with van der Waals surface area (Å²) in [4.78, 5) is 33.6. The van der Waals surface area contributed by atoms with E-state index in [1.54, 1.807) is 37.3 Å². The molecule has 0 bridgehead atoms. The average molecular weight is 531 g/mol. The molecule has 3 aromatic carbocycles. The van der Waals surface area contributed by atoms with Crippen molar-refractivity contribution < 1.29 is 14.3 Å². The van der Waals surface area contributed by atoms with Crippen molar-refractivity contribution in [1.82, 2.24) is 4.57 Å². The number of fused-ring (bicyclic) bond motifs is 2. The lowest BCUT2D eigenvalue weighted by molar-refractivity contribution is -0.139. The number of allylic oxidation sites excluding steroid dienone is 1. The Morgan fingerprint density at radius 3 is 2.59 bits per heavy atom.